The van der Waals surface area contributed by atoms with Gasteiger partial charge in [0.1, 0.15) is 5.69 Å². The molecule has 7 nitrogen and oxygen atoms in total. The molecule has 1 amide bonds. The molecule has 3 aromatic rings. The van der Waals surface area contributed by atoms with Gasteiger partial charge in [-0.25, -0.2) is 0 Å². The molecule has 1 N–H and O–H groups in total. The van der Waals surface area contributed by atoms with Crippen LogP contribution in [0.2, 0.25) is 0 Å². The van der Waals surface area contributed by atoms with Crippen molar-refractivity contribution in [2.45, 2.75) is 26.2 Å². The first-order valence-corrected chi connectivity index (χ1v) is 10.2. The quantitative estimate of drug-likeness (QED) is 0.626. The van der Waals surface area contributed by atoms with E-state index in [4.69, 9.17) is 9.26 Å². The van der Waals surface area contributed by atoms with Crippen LogP contribution in [0.4, 0.5) is 11.4 Å². The number of rotatable bonds is 6. The predicted octanol–water partition coefficient (Wildman–Crippen LogP) is 3.79. The zero-order valence-corrected chi connectivity index (χ0v) is 17.0. The van der Waals surface area contributed by atoms with Gasteiger partial charge in [0.25, 0.3) is 5.91 Å². The SMILES string of the molecule is CC1CCN(c2ccc(NC(=O)COC(=O)Cc3noc4ccccc34)cc2)CC1. The van der Waals surface area contributed by atoms with Crippen LogP contribution < -0.4 is 10.2 Å². The molecule has 0 saturated carbocycles. The Hall–Kier alpha value is -3.35. The van der Waals surface area contributed by atoms with E-state index in [1.165, 1.54) is 12.8 Å². The Kier molecular flexibility index (Phi) is 5.97. The van der Waals surface area contributed by atoms with Gasteiger partial charge in [-0.05, 0) is 55.2 Å². The zero-order valence-electron chi connectivity index (χ0n) is 17.0. The standard InChI is InChI=1S/C23H25N3O4/c1-16-10-12-26(13-11-16)18-8-6-17(7-9-18)24-22(27)15-29-23(28)14-20-19-4-2-3-5-21(19)30-25-20/h2-9,16H,10-15H2,1H3,(H,24,27). The highest BCUT2D eigenvalue weighted by molar-refractivity contribution is 5.93. The number of fused-ring (bicyclic) bond motifs is 1. The molecule has 4 rings (SSSR count). The number of benzene rings is 2. The maximum atomic E-state index is 12.1. The first-order chi connectivity index (χ1) is 14.6. The number of carbonyl (C=O) groups is 2. The topological polar surface area (TPSA) is 84.7 Å². The number of ether oxygens (including phenoxy) is 1. The molecule has 0 spiro atoms. The van der Waals surface area contributed by atoms with Crippen molar-refractivity contribution in [1.29, 1.82) is 0 Å². The van der Waals surface area contributed by atoms with Gasteiger partial charge in [0.15, 0.2) is 12.2 Å². The summed E-state index contributed by atoms with van der Waals surface area (Å²) in [4.78, 5) is 26.5. The molecule has 1 saturated heterocycles. The third-order valence-corrected chi connectivity index (χ3v) is 5.43. The molecular weight excluding hydrogens is 382 g/mol. The summed E-state index contributed by atoms with van der Waals surface area (Å²) in [6, 6.07) is 15.0. The number of amides is 1. The summed E-state index contributed by atoms with van der Waals surface area (Å²) in [5.41, 5.74) is 2.94. The minimum Gasteiger partial charge on any atom is -0.455 e. The molecule has 0 unspecified atom stereocenters. The Morgan fingerprint density at radius 2 is 1.87 bits per heavy atom. The maximum absolute atomic E-state index is 12.1. The Morgan fingerprint density at radius 3 is 2.63 bits per heavy atom. The Balaban J connectivity index is 1.25. The third-order valence-electron chi connectivity index (χ3n) is 5.43. The number of nitrogens with one attached hydrogen (secondary N) is 1. The van der Waals surface area contributed by atoms with E-state index in [0.717, 1.165) is 30.1 Å². The van der Waals surface area contributed by atoms with Crippen molar-refractivity contribution in [1.82, 2.24) is 5.16 Å². The van der Waals surface area contributed by atoms with E-state index < -0.39 is 5.97 Å². The lowest BCUT2D eigenvalue weighted by molar-refractivity contribution is -0.146. The number of anilines is 2. The molecule has 0 atom stereocenters. The van der Waals surface area contributed by atoms with Gasteiger partial charge < -0.3 is 19.5 Å². The molecule has 7 heteroatoms. The second-order valence-corrected chi connectivity index (χ2v) is 7.73. The molecule has 156 valence electrons. The lowest BCUT2D eigenvalue weighted by Gasteiger charge is -2.32. The number of piperidine rings is 1. The highest BCUT2D eigenvalue weighted by atomic mass is 16.5. The summed E-state index contributed by atoms with van der Waals surface area (Å²) in [5.74, 6) is -0.127. The molecule has 1 aliphatic heterocycles. The van der Waals surface area contributed by atoms with Gasteiger partial charge in [-0.1, -0.05) is 24.2 Å². The van der Waals surface area contributed by atoms with Crippen molar-refractivity contribution in [2.75, 3.05) is 29.9 Å². The average Bonchev–Trinajstić information content (AvgIpc) is 3.16. The molecule has 0 radical (unpaired) electrons. The number of hydrogen-bond donors (Lipinski definition) is 1. The van der Waals surface area contributed by atoms with Crippen molar-refractivity contribution in [3.05, 3.63) is 54.2 Å². The fourth-order valence-corrected chi connectivity index (χ4v) is 3.62. The number of hydrogen-bond acceptors (Lipinski definition) is 6. The molecular formula is C23H25N3O4. The smallest absolute Gasteiger partial charge is 0.312 e. The van der Waals surface area contributed by atoms with Gasteiger partial charge in [-0.15, -0.1) is 0 Å². The number of nitrogens with zero attached hydrogens (tertiary/aromatic N) is 2. The maximum Gasteiger partial charge on any atom is 0.312 e. The van der Waals surface area contributed by atoms with Gasteiger partial charge in [0.2, 0.25) is 0 Å². The summed E-state index contributed by atoms with van der Waals surface area (Å²) in [6.07, 6.45) is 2.36. The van der Waals surface area contributed by atoms with Crippen LogP contribution in [0.15, 0.2) is 53.1 Å². The Bertz CT molecular complexity index is 1020. The molecule has 0 aliphatic carbocycles. The number of carbonyl (C=O) groups excluding carboxylic acids is 2. The molecule has 1 fully saturated rings. The summed E-state index contributed by atoms with van der Waals surface area (Å²) in [5, 5.41) is 7.42. The monoisotopic (exact) mass is 407 g/mol. The summed E-state index contributed by atoms with van der Waals surface area (Å²) >= 11 is 0. The van der Waals surface area contributed by atoms with Gasteiger partial charge >= 0.3 is 5.97 Å². The number of aromatic nitrogens is 1. The van der Waals surface area contributed by atoms with Crippen LogP contribution in [-0.4, -0.2) is 36.7 Å². The lowest BCUT2D eigenvalue weighted by atomic mass is 9.99. The van der Waals surface area contributed by atoms with E-state index in [1.54, 1.807) is 6.07 Å². The molecule has 0 bridgehead atoms. The van der Waals surface area contributed by atoms with E-state index >= 15 is 0 Å². The first kappa shape index (κ1) is 19.9. The van der Waals surface area contributed by atoms with E-state index in [-0.39, 0.29) is 18.9 Å². The number of esters is 1. The normalized spacial score (nSPS) is 14.6. The predicted molar refractivity (Wildman–Crippen MR) is 114 cm³/mol. The Labute approximate surface area is 175 Å². The van der Waals surface area contributed by atoms with Crippen LogP contribution in [0.1, 0.15) is 25.5 Å². The van der Waals surface area contributed by atoms with Crippen molar-refractivity contribution >= 4 is 34.2 Å². The highest BCUT2D eigenvalue weighted by Gasteiger charge is 2.17. The van der Waals surface area contributed by atoms with Crippen LogP contribution in [0.3, 0.4) is 0 Å². The summed E-state index contributed by atoms with van der Waals surface area (Å²) in [7, 11) is 0. The van der Waals surface area contributed by atoms with Crippen LogP contribution in [-0.2, 0) is 20.7 Å². The minimum absolute atomic E-state index is 0.0482. The van der Waals surface area contributed by atoms with E-state index in [1.807, 2.05) is 42.5 Å². The number of para-hydroxylation sites is 1. The molecule has 2 aromatic carbocycles. The summed E-state index contributed by atoms with van der Waals surface area (Å²) < 4.78 is 10.3. The van der Waals surface area contributed by atoms with Gasteiger partial charge in [-0.3, -0.25) is 9.59 Å². The van der Waals surface area contributed by atoms with Crippen molar-refractivity contribution in [3.8, 4) is 0 Å². The second kappa shape index (κ2) is 8.98. The summed E-state index contributed by atoms with van der Waals surface area (Å²) in [6.45, 7) is 4.06. The first-order valence-electron chi connectivity index (χ1n) is 10.2. The van der Waals surface area contributed by atoms with Crippen LogP contribution >= 0.6 is 0 Å². The second-order valence-electron chi connectivity index (χ2n) is 7.73. The highest BCUT2D eigenvalue weighted by Crippen LogP contribution is 2.24. The molecule has 30 heavy (non-hydrogen) atoms. The van der Waals surface area contributed by atoms with Gasteiger partial charge in [-0.2, -0.15) is 0 Å². The fourth-order valence-electron chi connectivity index (χ4n) is 3.62. The van der Waals surface area contributed by atoms with Crippen molar-refractivity contribution < 1.29 is 18.8 Å². The fraction of sp³-hybridized carbons (Fsp3) is 0.348. The van der Waals surface area contributed by atoms with Crippen molar-refractivity contribution in [2.24, 2.45) is 5.92 Å². The molecule has 1 aliphatic rings. The largest absolute Gasteiger partial charge is 0.455 e. The van der Waals surface area contributed by atoms with E-state index in [0.29, 0.717) is 17.0 Å². The van der Waals surface area contributed by atoms with Crippen LogP contribution in [0, 0.1) is 5.92 Å². The van der Waals surface area contributed by atoms with Crippen LogP contribution in [0.5, 0.6) is 0 Å². The van der Waals surface area contributed by atoms with Gasteiger partial charge in [0, 0.05) is 29.9 Å². The van der Waals surface area contributed by atoms with E-state index in [9.17, 15) is 9.59 Å². The Morgan fingerprint density at radius 1 is 1.13 bits per heavy atom. The molecule has 2 heterocycles. The van der Waals surface area contributed by atoms with Crippen LogP contribution in [0.25, 0.3) is 11.0 Å². The molecule has 1 aromatic heterocycles. The zero-order chi connectivity index (χ0) is 20.9. The van der Waals surface area contributed by atoms with Crippen molar-refractivity contribution in [3.63, 3.8) is 0 Å². The van der Waals surface area contributed by atoms with Gasteiger partial charge in [0.05, 0.1) is 6.42 Å². The minimum atomic E-state index is -0.529. The average molecular weight is 407 g/mol. The third kappa shape index (κ3) is 4.79. The lowest BCUT2D eigenvalue weighted by Crippen LogP contribution is -2.32. The van der Waals surface area contributed by atoms with E-state index in [2.05, 4.69) is 22.3 Å².